The van der Waals surface area contributed by atoms with Gasteiger partial charge in [0.15, 0.2) is 0 Å². The van der Waals surface area contributed by atoms with Crippen molar-refractivity contribution in [2.24, 2.45) is 23.2 Å². The first kappa shape index (κ1) is 7.32. The number of rotatable bonds is 0. The third-order valence-electron chi connectivity index (χ3n) is 4.19. The maximum Gasteiger partial charge on any atom is 0.104 e. The van der Waals surface area contributed by atoms with E-state index in [1.54, 1.807) is 0 Å². The minimum absolute atomic E-state index is 0.363. The Morgan fingerprint density at radius 2 is 2.38 bits per heavy atom. The molecule has 3 aliphatic rings. The van der Waals surface area contributed by atoms with Crippen LogP contribution in [-0.4, -0.2) is 5.71 Å². The van der Waals surface area contributed by atoms with Crippen molar-refractivity contribution in [2.45, 2.75) is 19.3 Å². The maximum absolute atomic E-state index is 9.29. The van der Waals surface area contributed by atoms with E-state index in [0.717, 1.165) is 19.3 Å². The molecule has 4 atom stereocenters. The molecule has 13 heavy (non-hydrogen) atoms. The zero-order valence-electron chi connectivity index (χ0n) is 7.46. The van der Waals surface area contributed by atoms with Crippen molar-refractivity contribution in [3.63, 3.8) is 0 Å². The summed E-state index contributed by atoms with van der Waals surface area (Å²) in [6.45, 7) is 0. The number of hydrogen-bond donors (Lipinski definition) is 1. The second kappa shape index (κ2) is 2.04. The standard InChI is InChI=1S/C11H12N2/c12-6-11-8-2-1-7(5-8)9(11)3-4-10(11)13/h1-2,7-9,13H,3-5H2/t7-,8-,9-,11-/m0/s1. The molecule has 1 N–H and O–H groups in total. The number of fused-ring (bicyclic) bond motifs is 5. The van der Waals surface area contributed by atoms with Crippen molar-refractivity contribution in [1.29, 1.82) is 10.7 Å². The third kappa shape index (κ3) is 0.601. The quantitative estimate of drug-likeness (QED) is 0.559. The summed E-state index contributed by atoms with van der Waals surface area (Å²) in [4.78, 5) is 0. The molecule has 0 saturated heterocycles. The van der Waals surface area contributed by atoms with Crippen LogP contribution >= 0.6 is 0 Å². The van der Waals surface area contributed by atoms with Gasteiger partial charge in [0.05, 0.1) is 6.07 Å². The fourth-order valence-electron chi connectivity index (χ4n) is 3.61. The van der Waals surface area contributed by atoms with Gasteiger partial charge in [-0.1, -0.05) is 12.2 Å². The number of nitrogens with one attached hydrogen (secondary N) is 1. The van der Waals surface area contributed by atoms with E-state index in [4.69, 9.17) is 5.41 Å². The Labute approximate surface area is 77.8 Å². The molecule has 2 saturated carbocycles. The van der Waals surface area contributed by atoms with Crippen molar-refractivity contribution in [2.75, 3.05) is 0 Å². The lowest BCUT2D eigenvalue weighted by molar-refractivity contribution is 0.331. The minimum atomic E-state index is -0.376. The van der Waals surface area contributed by atoms with Gasteiger partial charge < -0.3 is 5.41 Å². The number of hydrogen-bond acceptors (Lipinski definition) is 2. The molecule has 0 aromatic rings. The van der Waals surface area contributed by atoms with Crippen molar-refractivity contribution >= 4 is 5.71 Å². The summed E-state index contributed by atoms with van der Waals surface area (Å²) in [6.07, 6.45) is 7.49. The molecule has 0 radical (unpaired) electrons. The first-order valence-corrected chi connectivity index (χ1v) is 4.96. The molecule has 0 heterocycles. The SMILES string of the molecule is N#C[C@@]12C(=N)CC[C@H]1[C@H]1C=C[C@H]2C1. The van der Waals surface area contributed by atoms with Crippen LogP contribution in [-0.2, 0) is 0 Å². The fraction of sp³-hybridized carbons (Fsp3) is 0.636. The molecule has 0 unspecified atom stereocenters. The average Bonchev–Trinajstić information content (AvgIpc) is 2.76. The molecule has 3 rings (SSSR count). The lowest BCUT2D eigenvalue weighted by Crippen LogP contribution is -2.34. The van der Waals surface area contributed by atoms with Crippen LogP contribution in [0.15, 0.2) is 12.2 Å². The molecule has 0 spiro atoms. The molecule has 0 aromatic carbocycles. The summed E-state index contributed by atoms with van der Waals surface area (Å²) < 4.78 is 0. The van der Waals surface area contributed by atoms with Crippen molar-refractivity contribution in [1.82, 2.24) is 0 Å². The van der Waals surface area contributed by atoms with E-state index < -0.39 is 0 Å². The molecular formula is C11H12N2. The Morgan fingerprint density at radius 1 is 1.54 bits per heavy atom. The van der Waals surface area contributed by atoms with Crippen LogP contribution in [0.1, 0.15) is 19.3 Å². The summed E-state index contributed by atoms with van der Waals surface area (Å²) in [7, 11) is 0. The molecule has 2 bridgehead atoms. The fourth-order valence-corrected chi connectivity index (χ4v) is 3.61. The van der Waals surface area contributed by atoms with E-state index in [9.17, 15) is 5.26 Å². The van der Waals surface area contributed by atoms with Crippen LogP contribution in [0.25, 0.3) is 0 Å². The van der Waals surface area contributed by atoms with E-state index in [0.29, 0.717) is 23.5 Å². The molecule has 0 aromatic heterocycles. The van der Waals surface area contributed by atoms with Crippen LogP contribution < -0.4 is 0 Å². The highest BCUT2D eigenvalue weighted by molar-refractivity contribution is 5.93. The van der Waals surface area contributed by atoms with Gasteiger partial charge >= 0.3 is 0 Å². The van der Waals surface area contributed by atoms with Gasteiger partial charge in [0.25, 0.3) is 0 Å². The van der Waals surface area contributed by atoms with Crippen molar-refractivity contribution < 1.29 is 0 Å². The molecule has 3 aliphatic carbocycles. The minimum Gasteiger partial charge on any atom is -0.308 e. The summed E-state index contributed by atoms with van der Waals surface area (Å²) >= 11 is 0. The van der Waals surface area contributed by atoms with Gasteiger partial charge in [-0.25, -0.2) is 0 Å². The highest BCUT2D eigenvalue weighted by Gasteiger charge is 2.61. The monoisotopic (exact) mass is 172 g/mol. The van der Waals surface area contributed by atoms with Crippen LogP contribution in [0.4, 0.5) is 0 Å². The molecule has 2 nitrogen and oxygen atoms in total. The predicted molar refractivity (Wildman–Crippen MR) is 49.2 cm³/mol. The van der Waals surface area contributed by atoms with Crippen LogP contribution in [0.2, 0.25) is 0 Å². The summed E-state index contributed by atoms with van der Waals surface area (Å²) in [5.74, 6) is 1.44. The smallest absolute Gasteiger partial charge is 0.104 e. The Morgan fingerprint density at radius 3 is 3.08 bits per heavy atom. The highest BCUT2D eigenvalue weighted by Crippen LogP contribution is 2.61. The Bertz CT molecular complexity index is 350. The highest BCUT2D eigenvalue weighted by atomic mass is 14.7. The normalized spacial score (nSPS) is 51.0. The Hall–Kier alpha value is -1.10. The molecule has 2 fully saturated rings. The summed E-state index contributed by atoms with van der Waals surface area (Å²) in [5.41, 5.74) is 0.330. The van der Waals surface area contributed by atoms with E-state index >= 15 is 0 Å². The lowest BCUT2D eigenvalue weighted by Gasteiger charge is -2.29. The topological polar surface area (TPSA) is 47.6 Å². The first-order chi connectivity index (χ1) is 6.29. The van der Waals surface area contributed by atoms with E-state index in [2.05, 4.69) is 18.2 Å². The van der Waals surface area contributed by atoms with E-state index in [1.807, 2.05) is 0 Å². The first-order valence-electron chi connectivity index (χ1n) is 4.96. The van der Waals surface area contributed by atoms with E-state index in [-0.39, 0.29) is 5.41 Å². The van der Waals surface area contributed by atoms with Gasteiger partial charge in [-0.15, -0.1) is 0 Å². The zero-order valence-corrected chi connectivity index (χ0v) is 7.46. The van der Waals surface area contributed by atoms with Gasteiger partial charge in [-0.05, 0) is 31.1 Å². The second-order valence-corrected chi connectivity index (χ2v) is 4.50. The molecular weight excluding hydrogens is 160 g/mol. The molecule has 66 valence electrons. The Kier molecular flexibility index (Phi) is 1.15. The zero-order chi connectivity index (χ0) is 9.05. The number of nitrogens with zero attached hydrogens (tertiary/aromatic N) is 1. The van der Waals surface area contributed by atoms with Gasteiger partial charge in [-0.3, -0.25) is 0 Å². The number of allylic oxidation sites excluding steroid dienone is 2. The third-order valence-corrected chi connectivity index (χ3v) is 4.19. The molecule has 2 heteroatoms. The van der Waals surface area contributed by atoms with Crippen LogP contribution in [0, 0.1) is 39.9 Å². The van der Waals surface area contributed by atoms with Gasteiger partial charge in [0.2, 0.25) is 0 Å². The van der Waals surface area contributed by atoms with Gasteiger partial charge in [0.1, 0.15) is 5.41 Å². The van der Waals surface area contributed by atoms with E-state index in [1.165, 1.54) is 0 Å². The van der Waals surface area contributed by atoms with Crippen LogP contribution in [0.3, 0.4) is 0 Å². The van der Waals surface area contributed by atoms with Gasteiger partial charge in [0, 0.05) is 11.6 Å². The lowest BCUT2D eigenvalue weighted by atomic mass is 9.71. The maximum atomic E-state index is 9.29. The summed E-state index contributed by atoms with van der Waals surface area (Å²) in [5, 5.41) is 17.2. The summed E-state index contributed by atoms with van der Waals surface area (Å²) in [6, 6.07) is 2.44. The number of nitriles is 1. The molecule has 0 aliphatic heterocycles. The van der Waals surface area contributed by atoms with Crippen molar-refractivity contribution in [3.8, 4) is 6.07 Å². The van der Waals surface area contributed by atoms with Gasteiger partial charge in [-0.2, -0.15) is 5.26 Å². The van der Waals surface area contributed by atoms with Crippen LogP contribution in [0.5, 0.6) is 0 Å². The average molecular weight is 172 g/mol. The predicted octanol–water partition coefficient (Wildman–Crippen LogP) is 2.13. The Balaban J connectivity index is 2.17. The second-order valence-electron chi connectivity index (χ2n) is 4.50. The largest absolute Gasteiger partial charge is 0.308 e. The molecule has 0 amide bonds. The van der Waals surface area contributed by atoms with Crippen molar-refractivity contribution in [3.05, 3.63) is 12.2 Å².